The minimum absolute atomic E-state index is 0.260. The second kappa shape index (κ2) is 12.4. The minimum atomic E-state index is -1.46. The fourth-order valence-corrected chi connectivity index (χ4v) is 7.77. The number of aliphatic hydroxyl groups excluding tert-OH is 1. The van der Waals surface area contributed by atoms with E-state index in [2.05, 4.69) is 18.7 Å². The van der Waals surface area contributed by atoms with E-state index in [1.54, 1.807) is 4.90 Å². The van der Waals surface area contributed by atoms with Gasteiger partial charge in [0.05, 0.1) is 30.8 Å². The molecule has 2 fully saturated rings. The molecule has 1 unspecified atom stereocenters. The number of carbonyl (C=O) groups excluding carboxylic acids is 3. The molecule has 1 spiro atoms. The van der Waals surface area contributed by atoms with Crippen LogP contribution < -0.4 is 9.80 Å². The van der Waals surface area contributed by atoms with E-state index >= 15 is 0 Å². The highest BCUT2D eigenvalue weighted by atomic mass is 16.6. The molecule has 0 radical (unpaired) electrons. The van der Waals surface area contributed by atoms with Crippen molar-refractivity contribution in [1.82, 2.24) is 4.90 Å². The molecule has 1 N–H and O–H groups in total. The van der Waals surface area contributed by atoms with Gasteiger partial charge in [0, 0.05) is 31.0 Å². The van der Waals surface area contributed by atoms with Gasteiger partial charge in [0.25, 0.3) is 5.91 Å². The second-order valence-corrected chi connectivity index (χ2v) is 12.5. The van der Waals surface area contributed by atoms with Crippen LogP contribution in [0.15, 0.2) is 78.9 Å². The number of benzene rings is 2. The first-order valence-corrected chi connectivity index (χ1v) is 16.2. The number of likely N-dealkylation sites (tertiary alicyclic amines) is 1. The molecular weight excluding hydrogens is 570 g/mol. The molecule has 45 heavy (non-hydrogen) atoms. The maximum Gasteiger partial charge on any atom is 0.313 e. The molecular formula is C36H43N3O6. The topological polar surface area (TPSA) is 99.6 Å². The number of carbonyl (C=O) groups is 3. The van der Waals surface area contributed by atoms with Gasteiger partial charge in [-0.25, -0.2) is 0 Å². The summed E-state index contributed by atoms with van der Waals surface area (Å²) < 4.78 is 12.7. The summed E-state index contributed by atoms with van der Waals surface area (Å²) in [6.07, 6.45) is 9.95. The molecule has 4 aliphatic heterocycles. The van der Waals surface area contributed by atoms with Gasteiger partial charge < -0.3 is 29.3 Å². The van der Waals surface area contributed by atoms with Crippen molar-refractivity contribution in [3.05, 3.63) is 84.5 Å². The first-order valence-electron chi connectivity index (χ1n) is 16.2. The van der Waals surface area contributed by atoms with Crippen LogP contribution in [0.3, 0.4) is 0 Å². The van der Waals surface area contributed by atoms with Gasteiger partial charge >= 0.3 is 5.97 Å². The number of hydrogen-bond donors (Lipinski definition) is 1. The monoisotopic (exact) mass is 613 g/mol. The number of nitrogens with zero attached hydrogens (tertiary/aromatic N) is 3. The van der Waals surface area contributed by atoms with Crippen molar-refractivity contribution >= 4 is 29.2 Å². The quantitative estimate of drug-likeness (QED) is 0.365. The van der Waals surface area contributed by atoms with Crippen LogP contribution in [0.1, 0.15) is 51.6 Å². The maximum absolute atomic E-state index is 14.9. The highest BCUT2D eigenvalue weighted by Gasteiger charge is 2.75. The summed E-state index contributed by atoms with van der Waals surface area (Å²) in [5.74, 6) is -3.23. The van der Waals surface area contributed by atoms with Gasteiger partial charge in [-0.3, -0.25) is 14.4 Å². The predicted octanol–water partition coefficient (Wildman–Crippen LogP) is 4.42. The highest BCUT2D eigenvalue weighted by Crippen LogP contribution is 2.58. The molecule has 0 aliphatic carbocycles. The first kappa shape index (κ1) is 31.0. The SMILES string of the molecule is CCN(CC)c1ccc(N2CC=C[C@]34O[C@@]5(C)/C=C\CCCCOC(=O)[C@H]5[C@H]3C(=O)N([C@H](CO)c3ccccc3)C4C2=O)cc1. The summed E-state index contributed by atoms with van der Waals surface area (Å²) in [5, 5.41) is 10.8. The van der Waals surface area contributed by atoms with Gasteiger partial charge in [0.2, 0.25) is 5.91 Å². The summed E-state index contributed by atoms with van der Waals surface area (Å²) in [5.41, 5.74) is -0.192. The number of ether oxygens (including phenoxy) is 2. The zero-order valence-electron chi connectivity index (χ0n) is 26.3. The number of aliphatic hydroxyl groups is 1. The molecule has 6 atom stereocenters. The van der Waals surface area contributed by atoms with Gasteiger partial charge in [-0.15, -0.1) is 0 Å². The number of allylic oxidation sites excluding steroid dienone is 1. The van der Waals surface area contributed by atoms with Gasteiger partial charge in [0.15, 0.2) is 0 Å². The number of cyclic esters (lactones) is 1. The minimum Gasteiger partial charge on any atom is -0.465 e. The van der Waals surface area contributed by atoms with E-state index in [9.17, 15) is 19.5 Å². The van der Waals surface area contributed by atoms with Crippen LogP contribution in [0.5, 0.6) is 0 Å². The Labute approximate surface area is 265 Å². The molecule has 4 aliphatic rings. The molecule has 6 rings (SSSR count). The van der Waals surface area contributed by atoms with Gasteiger partial charge in [-0.05, 0) is 69.9 Å². The van der Waals surface area contributed by atoms with Crippen molar-refractivity contribution < 1.29 is 29.0 Å². The highest BCUT2D eigenvalue weighted by molar-refractivity contribution is 6.06. The third kappa shape index (κ3) is 5.16. The van der Waals surface area contributed by atoms with E-state index in [4.69, 9.17) is 9.47 Å². The molecule has 0 bridgehead atoms. The molecule has 2 aromatic carbocycles. The van der Waals surface area contributed by atoms with E-state index in [0.717, 1.165) is 38.0 Å². The van der Waals surface area contributed by atoms with Gasteiger partial charge in [-0.1, -0.05) is 54.6 Å². The molecule has 2 aromatic rings. The van der Waals surface area contributed by atoms with Crippen molar-refractivity contribution in [1.29, 1.82) is 0 Å². The Balaban J connectivity index is 1.49. The molecule has 0 saturated carbocycles. The van der Waals surface area contributed by atoms with Gasteiger partial charge in [-0.2, -0.15) is 0 Å². The summed E-state index contributed by atoms with van der Waals surface area (Å²) >= 11 is 0. The van der Waals surface area contributed by atoms with Crippen LogP contribution in [0.4, 0.5) is 11.4 Å². The third-order valence-corrected chi connectivity index (χ3v) is 9.92. The van der Waals surface area contributed by atoms with Gasteiger partial charge in [0.1, 0.15) is 17.6 Å². The molecule has 9 heteroatoms. The van der Waals surface area contributed by atoms with Crippen molar-refractivity contribution in [2.75, 3.05) is 42.6 Å². The van der Waals surface area contributed by atoms with Crippen LogP contribution in [0, 0.1) is 11.8 Å². The molecule has 238 valence electrons. The smallest absolute Gasteiger partial charge is 0.313 e. The average Bonchev–Trinajstić information content (AvgIpc) is 3.38. The fourth-order valence-electron chi connectivity index (χ4n) is 7.77. The molecule has 9 nitrogen and oxygen atoms in total. The van der Waals surface area contributed by atoms with Crippen LogP contribution in [-0.4, -0.2) is 77.9 Å². The van der Waals surface area contributed by atoms with E-state index in [-0.39, 0.29) is 19.1 Å². The van der Waals surface area contributed by atoms with Crippen molar-refractivity contribution in [3.8, 4) is 0 Å². The van der Waals surface area contributed by atoms with E-state index in [0.29, 0.717) is 11.3 Å². The van der Waals surface area contributed by atoms with Crippen molar-refractivity contribution in [2.45, 2.75) is 63.3 Å². The second-order valence-electron chi connectivity index (χ2n) is 12.5. The Morgan fingerprint density at radius 3 is 2.36 bits per heavy atom. The lowest BCUT2D eigenvalue weighted by Gasteiger charge is -2.40. The van der Waals surface area contributed by atoms with Crippen LogP contribution in [0.2, 0.25) is 0 Å². The summed E-state index contributed by atoms with van der Waals surface area (Å²) in [7, 11) is 0. The molecule has 2 saturated heterocycles. The summed E-state index contributed by atoms with van der Waals surface area (Å²) in [6, 6.07) is 15.1. The lowest BCUT2D eigenvalue weighted by atomic mass is 9.74. The lowest BCUT2D eigenvalue weighted by Crippen LogP contribution is -2.57. The van der Waals surface area contributed by atoms with Crippen molar-refractivity contribution in [3.63, 3.8) is 0 Å². The Morgan fingerprint density at radius 1 is 0.933 bits per heavy atom. The largest absolute Gasteiger partial charge is 0.465 e. The normalized spacial score (nSPS) is 31.0. The average molecular weight is 614 g/mol. The Morgan fingerprint density at radius 2 is 1.67 bits per heavy atom. The standard InChI is InChI=1S/C36H43N3O6/c1-4-37(5-2)26-16-18-27(19-17-26)38-22-13-21-36-29(30-34(43)44-23-12-7-6-11-20-35(30,3)45-36)32(41)39(31(36)33(38)42)28(24-40)25-14-9-8-10-15-25/h8-11,13-21,28-31,40H,4-7,12,22-24H2,1-3H3/b20-11-/t28-,29+,30-,31?,35+,36+/m1/s1. The summed E-state index contributed by atoms with van der Waals surface area (Å²) in [6.45, 7) is 7.85. The van der Waals surface area contributed by atoms with E-state index in [1.165, 1.54) is 4.90 Å². The van der Waals surface area contributed by atoms with Crippen LogP contribution >= 0.6 is 0 Å². The summed E-state index contributed by atoms with van der Waals surface area (Å²) in [4.78, 5) is 48.9. The Bertz CT molecular complexity index is 1470. The molecule has 2 amide bonds. The van der Waals surface area contributed by atoms with Crippen molar-refractivity contribution in [2.24, 2.45) is 11.8 Å². The Kier molecular flexibility index (Phi) is 8.59. The first-order chi connectivity index (χ1) is 21.8. The zero-order valence-corrected chi connectivity index (χ0v) is 26.3. The predicted molar refractivity (Wildman–Crippen MR) is 172 cm³/mol. The third-order valence-electron chi connectivity index (χ3n) is 9.92. The van der Waals surface area contributed by atoms with E-state index in [1.807, 2.05) is 85.8 Å². The molecule has 4 heterocycles. The number of esters is 1. The Hall–Kier alpha value is -3.95. The molecule has 0 aromatic heterocycles. The number of amides is 2. The van der Waals surface area contributed by atoms with E-state index < -0.39 is 53.6 Å². The maximum atomic E-state index is 14.9. The number of rotatable bonds is 7. The number of fused-ring (bicyclic) bond motifs is 2. The lowest BCUT2D eigenvalue weighted by molar-refractivity contribution is -0.160. The fraction of sp³-hybridized carbons (Fsp3) is 0.472. The van der Waals surface area contributed by atoms with Crippen LogP contribution in [-0.2, 0) is 23.9 Å². The number of hydrogen-bond acceptors (Lipinski definition) is 7. The zero-order chi connectivity index (χ0) is 31.8. The number of anilines is 2. The van der Waals surface area contributed by atoms with Crippen LogP contribution in [0.25, 0.3) is 0 Å².